The molecule has 0 aliphatic carbocycles. The van der Waals surface area contributed by atoms with E-state index in [4.69, 9.17) is 9.47 Å². The fourth-order valence-electron chi connectivity index (χ4n) is 3.04. The number of carbonyl (C=O) groups excluding carboxylic acids is 1. The minimum absolute atomic E-state index is 0.0233. The Morgan fingerprint density at radius 2 is 1.93 bits per heavy atom. The monoisotopic (exact) mass is 379 g/mol. The van der Waals surface area contributed by atoms with E-state index in [9.17, 15) is 4.79 Å². The first-order chi connectivity index (χ1) is 13.6. The topological polar surface area (TPSA) is 65.4 Å². The number of aryl methyl sites for hydroxylation is 1. The Balaban J connectivity index is 1.58. The van der Waals surface area contributed by atoms with E-state index in [0.29, 0.717) is 12.8 Å². The zero-order chi connectivity index (χ0) is 19.9. The highest BCUT2D eigenvalue weighted by atomic mass is 16.5. The van der Waals surface area contributed by atoms with Crippen molar-refractivity contribution in [2.75, 3.05) is 14.2 Å². The van der Waals surface area contributed by atoms with Crippen molar-refractivity contribution in [3.05, 3.63) is 72.1 Å². The van der Waals surface area contributed by atoms with Gasteiger partial charge in [-0.2, -0.15) is 5.10 Å². The van der Waals surface area contributed by atoms with E-state index in [1.54, 1.807) is 20.4 Å². The minimum Gasteiger partial charge on any atom is -0.497 e. The number of para-hydroxylation sites is 1. The van der Waals surface area contributed by atoms with Gasteiger partial charge in [0.2, 0.25) is 5.91 Å². The van der Waals surface area contributed by atoms with Crippen LogP contribution in [0.25, 0.3) is 5.69 Å². The summed E-state index contributed by atoms with van der Waals surface area (Å²) in [5, 5.41) is 7.40. The second kappa shape index (κ2) is 9.08. The van der Waals surface area contributed by atoms with Gasteiger partial charge in [0.25, 0.3) is 0 Å². The Morgan fingerprint density at radius 1 is 1.14 bits per heavy atom. The van der Waals surface area contributed by atoms with Gasteiger partial charge in [0, 0.05) is 18.2 Å². The Kier molecular flexibility index (Phi) is 6.32. The number of carbonyl (C=O) groups is 1. The molecule has 1 N–H and O–H groups in total. The first-order valence-corrected chi connectivity index (χ1v) is 9.21. The number of aromatic nitrogens is 2. The zero-order valence-corrected chi connectivity index (χ0v) is 16.4. The molecule has 146 valence electrons. The molecule has 0 aliphatic rings. The molecule has 1 aromatic heterocycles. The maximum atomic E-state index is 12.4. The van der Waals surface area contributed by atoms with Gasteiger partial charge in [-0.15, -0.1) is 0 Å². The molecule has 0 aliphatic heterocycles. The molecule has 1 atom stereocenters. The van der Waals surface area contributed by atoms with Crippen LogP contribution in [0.3, 0.4) is 0 Å². The summed E-state index contributed by atoms with van der Waals surface area (Å²) in [6.45, 7) is 1.93. The van der Waals surface area contributed by atoms with Gasteiger partial charge < -0.3 is 14.8 Å². The summed E-state index contributed by atoms with van der Waals surface area (Å²) in [4.78, 5) is 12.4. The molecule has 1 amide bonds. The summed E-state index contributed by atoms with van der Waals surface area (Å²) in [5.74, 6) is 1.42. The molecule has 6 heteroatoms. The Hall–Kier alpha value is -3.28. The van der Waals surface area contributed by atoms with Gasteiger partial charge in [0.1, 0.15) is 11.5 Å². The second-order valence-corrected chi connectivity index (χ2v) is 6.53. The lowest BCUT2D eigenvalue weighted by atomic mass is 10.1. The number of hydrogen-bond acceptors (Lipinski definition) is 4. The quantitative estimate of drug-likeness (QED) is 0.648. The third-order valence-electron chi connectivity index (χ3n) is 4.58. The summed E-state index contributed by atoms with van der Waals surface area (Å²) in [6.07, 6.45) is 4.77. The lowest BCUT2D eigenvalue weighted by Gasteiger charge is -2.18. The Morgan fingerprint density at radius 3 is 2.64 bits per heavy atom. The average molecular weight is 379 g/mol. The van der Waals surface area contributed by atoms with Crippen molar-refractivity contribution in [2.45, 2.75) is 25.8 Å². The van der Waals surface area contributed by atoms with Crippen LogP contribution in [-0.4, -0.2) is 29.9 Å². The van der Waals surface area contributed by atoms with E-state index in [0.717, 1.165) is 28.3 Å². The van der Waals surface area contributed by atoms with E-state index in [1.165, 1.54) is 0 Å². The number of rotatable bonds is 8. The smallest absolute Gasteiger partial charge is 0.220 e. The lowest BCUT2D eigenvalue weighted by Crippen LogP contribution is -2.27. The molecule has 0 saturated carbocycles. The molecule has 1 heterocycles. The van der Waals surface area contributed by atoms with E-state index in [2.05, 4.69) is 10.4 Å². The Bertz CT molecular complexity index is 922. The molecule has 0 saturated heterocycles. The molecule has 1 unspecified atom stereocenters. The summed E-state index contributed by atoms with van der Waals surface area (Å²) in [7, 11) is 3.23. The molecule has 28 heavy (non-hydrogen) atoms. The highest BCUT2D eigenvalue weighted by Crippen LogP contribution is 2.29. The van der Waals surface area contributed by atoms with E-state index >= 15 is 0 Å². The van der Waals surface area contributed by atoms with Crippen LogP contribution in [-0.2, 0) is 11.2 Å². The lowest BCUT2D eigenvalue weighted by molar-refractivity contribution is -0.121. The molecule has 3 aromatic rings. The summed E-state index contributed by atoms with van der Waals surface area (Å²) in [6, 6.07) is 15.3. The molecule has 0 fully saturated rings. The van der Waals surface area contributed by atoms with Gasteiger partial charge in [0.15, 0.2) is 0 Å². The van der Waals surface area contributed by atoms with Gasteiger partial charge in [-0.1, -0.05) is 18.2 Å². The number of nitrogens with one attached hydrogen (secondary N) is 1. The van der Waals surface area contributed by atoms with Crippen molar-refractivity contribution >= 4 is 5.91 Å². The highest BCUT2D eigenvalue weighted by Gasteiger charge is 2.15. The van der Waals surface area contributed by atoms with Gasteiger partial charge >= 0.3 is 0 Å². The average Bonchev–Trinajstić information content (AvgIpc) is 3.21. The van der Waals surface area contributed by atoms with Crippen LogP contribution in [0.4, 0.5) is 0 Å². The van der Waals surface area contributed by atoms with Crippen LogP contribution in [0, 0.1) is 0 Å². The van der Waals surface area contributed by atoms with Crippen molar-refractivity contribution in [1.82, 2.24) is 15.1 Å². The van der Waals surface area contributed by atoms with Crippen molar-refractivity contribution in [1.29, 1.82) is 0 Å². The van der Waals surface area contributed by atoms with Crippen LogP contribution in [0.5, 0.6) is 11.5 Å². The van der Waals surface area contributed by atoms with Gasteiger partial charge in [-0.3, -0.25) is 4.79 Å². The first kappa shape index (κ1) is 19.5. The van der Waals surface area contributed by atoms with Crippen LogP contribution in [0.2, 0.25) is 0 Å². The molecule has 0 bridgehead atoms. The number of amides is 1. The van der Waals surface area contributed by atoms with Crippen LogP contribution in [0.15, 0.2) is 60.9 Å². The van der Waals surface area contributed by atoms with Gasteiger partial charge in [-0.25, -0.2) is 4.68 Å². The molecule has 2 aromatic carbocycles. The SMILES string of the molecule is COc1ccc(OC)c(C(C)NC(=O)CCc2cnn(-c3ccccc3)c2)c1. The molecular weight excluding hydrogens is 354 g/mol. The van der Waals surface area contributed by atoms with Crippen molar-refractivity contribution < 1.29 is 14.3 Å². The third-order valence-corrected chi connectivity index (χ3v) is 4.58. The number of ether oxygens (including phenoxy) is 2. The number of benzene rings is 2. The fourth-order valence-corrected chi connectivity index (χ4v) is 3.04. The predicted octanol–water partition coefficient (Wildman–Crippen LogP) is 3.70. The van der Waals surface area contributed by atoms with Gasteiger partial charge in [-0.05, 0) is 49.2 Å². The van der Waals surface area contributed by atoms with Crippen molar-refractivity contribution in [2.24, 2.45) is 0 Å². The second-order valence-electron chi connectivity index (χ2n) is 6.53. The van der Waals surface area contributed by atoms with Gasteiger partial charge in [0.05, 0.1) is 32.1 Å². The minimum atomic E-state index is -0.190. The maximum Gasteiger partial charge on any atom is 0.220 e. The van der Waals surface area contributed by atoms with E-state index < -0.39 is 0 Å². The number of methoxy groups -OCH3 is 2. The fraction of sp³-hybridized carbons (Fsp3) is 0.273. The highest BCUT2D eigenvalue weighted by molar-refractivity contribution is 5.76. The van der Waals surface area contributed by atoms with Crippen molar-refractivity contribution in [3.8, 4) is 17.2 Å². The molecular formula is C22H25N3O3. The largest absolute Gasteiger partial charge is 0.497 e. The van der Waals surface area contributed by atoms with Crippen molar-refractivity contribution in [3.63, 3.8) is 0 Å². The zero-order valence-electron chi connectivity index (χ0n) is 16.4. The molecule has 3 rings (SSSR count). The first-order valence-electron chi connectivity index (χ1n) is 9.21. The summed E-state index contributed by atoms with van der Waals surface area (Å²) < 4.78 is 12.5. The van der Waals surface area contributed by atoms with Crippen LogP contribution < -0.4 is 14.8 Å². The number of hydrogen-bond donors (Lipinski definition) is 1. The molecule has 6 nitrogen and oxygen atoms in total. The summed E-state index contributed by atoms with van der Waals surface area (Å²) in [5.41, 5.74) is 2.90. The van der Waals surface area contributed by atoms with E-state index in [1.807, 2.05) is 66.3 Å². The normalized spacial score (nSPS) is 11.7. The summed E-state index contributed by atoms with van der Waals surface area (Å²) >= 11 is 0. The molecule has 0 spiro atoms. The molecule has 0 radical (unpaired) electrons. The predicted molar refractivity (Wildman–Crippen MR) is 108 cm³/mol. The van der Waals surface area contributed by atoms with E-state index in [-0.39, 0.29) is 11.9 Å². The van der Waals surface area contributed by atoms with Crippen LogP contribution >= 0.6 is 0 Å². The maximum absolute atomic E-state index is 12.4. The third kappa shape index (κ3) is 4.71. The number of nitrogens with zero attached hydrogens (tertiary/aromatic N) is 2. The van der Waals surface area contributed by atoms with Crippen LogP contribution in [0.1, 0.15) is 30.5 Å². The Labute approximate surface area is 165 Å². The standard InChI is InChI=1S/C22H25N3O3/c1-16(20-13-19(27-2)10-11-21(20)28-3)24-22(26)12-9-17-14-23-25(15-17)18-7-5-4-6-8-18/h4-8,10-11,13-16H,9,12H2,1-3H3,(H,24,26).